The van der Waals surface area contributed by atoms with Crippen LogP contribution in [0.5, 0.6) is 0 Å². The van der Waals surface area contributed by atoms with Gasteiger partial charge < -0.3 is 4.52 Å². The van der Waals surface area contributed by atoms with Gasteiger partial charge in [-0.05, 0) is 50.3 Å². The van der Waals surface area contributed by atoms with Crippen LogP contribution in [-0.4, -0.2) is 19.9 Å². The Morgan fingerprint density at radius 3 is 2.75 bits per heavy atom. The summed E-state index contributed by atoms with van der Waals surface area (Å²) in [6, 6.07) is 5.58. The van der Waals surface area contributed by atoms with Crippen molar-refractivity contribution >= 4 is 0 Å². The Bertz CT molecular complexity index is 936. The van der Waals surface area contributed by atoms with Crippen molar-refractivity contribution in [1.29, 1.82) is 0 Å². The third-order valence-corrected chi connectivity index (χ3v) is 4.42. The molecule has 1 saturated carbocycles. The van der Waals surface area contributed by atoms with Crippen molar-refractivity contribution in [3.63, 3.8) is 0 Å². The molecular weight excluding hydrogens is 304 g/mol. The molecular formula is C18H18N4O2. The Morgan fingerprint density at radius 2 is 2.08 bits per heavy atom. The van der Waals surface area contributed by atoms with Crippen molar-refractivity contribution in [3.05, 3.63) is 63.5 Å². The van der Waals surface area contributed by atoms with Gasteiger partial charge in [-0.25, -0.2) is 4.68 Å². The number of nitrogens with zero attached hydrogens (tertiary/aromatic N) is 4. The van der Waals surface area contributed by atoms with Gasteiger partial charge in [0.2, 0.25) is 0 Å². The summed E-state index contributed by atoms with van der Waals surface area (Å²) >= 11 is 0. The smallest absolute Gasteiger partial charge is 0.267 e. The van der Waals surface area contributed by atoms with Gasteiger partial charge in [0, 0.05) is 29.1 Å². The van der Waals surface area contributed by atoms with Crippen molar-refractivity contribution in [2.45, 2.75) is 39.2 Å². The lowest BCUT2D eigenvalue weighted by Crippen LogP contribution is -2.23. The maximum absolute atomic E-state index is 12.3. The molecule has 3 aromatic rings. The van der Waals surface area contributed by atoms with Crippen molar-refractivity contribution in [3.8, 4) is 11.3 Å². The third-order valence-electron chi connectivity index (χ3n) is 4.42. The lowest BCUT2D eigenvalue weighted by atomic mass is 10.1. The molecule has 0 radical (unpaired) electrons. The summed E-state index contributed by atoms with van der Waals surface area (Å²) in [5.41, 5.74) is 4.33. The minimum atomic E-state index is -0.0898. The van der Waals surface area contributed by atoms with Gasteiger partial charge in [-0.15, -0.1) is 0 Å². The van der Waals surface area contributed by atoms with E-state index in [9.17, 15) is 4.79 Å². The standard InChI is InChI=1S/C18H18N4O2/c1-11-3-4-14(8-19-11)18-16(12(2)24-21-18)10-22-17(23)7-15(9-20-22)13-5-6-13/h3-4,7-9,13H,5-6,10H2,1-2H3. The predicted molar refractivity (Wildman–Crippen MR) is 88.8 cm³/mol. The fourth-order valence-corrected chi connectivity index (χ4v) is 2.77. The number of hydrogen-bond acceptors (Lipinski definition) is 5. The van der Waals surface area contributed by atoms with E-state index in [1.165, 1.54) is 4.68 Å². The van der Waals surface area contributed by atoms with Crippen molar-refractivity contribution in [2.24, 2.45) is 0 Å². The second kappa shape index (κ2) is 5.70. The zero-order chi connectivity index (χ0) is 16.7. The molecule has 1 aliphatic rings. The highest BCUT2D eigenvalue weighted by atomic mass is 16.5. The molecule has 3 aromatic heterocycles. The Morgan fingerprint density at radius 1 is 1.25 bits per heavy atom. The maximum Gasteiger partial charge on any atom is 0.267 e. The minimum absolute atomic E-state index is 0.0898. The monoisotopic (exact) mass is 322 g/mol. The van der Waals surface area contributed by atoms with Crippen molar-refractivity contribution < 1.29 is 4.52 Å². The summed E-state index contributed by atoms with van der Waals surface area (Å²) in [6.45, 7) is 4.11. The first-order chi connectivity index (χ1) is 11.6. The van der Waals surface area contributed by atoms with Crippen LogP contribution in [0.3, 0.4) is 0 Å². The van der Waals surface area contributed by atoms with Crippen molar-refractivity contribution in [1.82, 2.24) is 19.9 Å². The number of pyridine rings is 1. The summed E-state index contributed by atoms with van der Waals surface area (Å²) in [7, 11) is 0. The van der Waals surface area contributed by atoms with E-state index in [0.717, 1.165) is 35.2 Å². The second-order valence-electron chi connectivity index (χ2n) is 6.31. The molecule has 6 heteroatoms. The first kappa shape index (κ1) is 14.8. The highest BCUT2D eigenvalue weighted by Gasteiger charge is 2.24. The highest BCUT2D eigenvalue weighted by Crippen LogP contribution is 2.39. The normalized spacial score (nSPS) is 14.1. The van der Waals surface area contributed by atoms with Gasteiger partial charge in [-0.2, -0.15) is 5.10 Å². The van der Waals surface area contributed by atoms with E-state index >= 15 is 0 Å². The predicted octanol–water partition coefficient (Wildman–Crippen LogP) is 2.84. The van der Waals surface area contributed by atoms with E-state index in [2.05, 4.69) is 15.2 Å². The molecule has 0 amide bonds. The van der Waals surface area contributed by atoms with Crippen LogP contribution in [0, 0.1) is 13.8 Å². The molecule has 0 N–H and O–H groups in total. The fraction of sp³-hybridized carbons (Fsp3) is 0.333. The quantitative estimate of drug-likeness (QED) is 0.738. The van der Waals surface area contributed by atoms with E-state index in [0.29, 0.717) is 23.9 Å². The molecule has 1 fully saturated rings. The van der Waals surface area contributed by atoms with Gasteiger partial charge >= 0.3 is 0 Å². The molecule has 1 aliphatic carbocycles. The van der Waals surface area contributed by atoms with Crippen LogP contribution in [0.4, 0.5) is 0 Å². The Balaban J connectivity index is 1.68. The van der Waals surface area contributed by atoms with E-state index in [1.54, 1.807) is 18.5 Å². The summed E-state index contributed by atoms with van der Waals surface area (Å²) in [4.78, 5) is 16.6. The Kier molecular flexibility index (Phi) is 3.52. The number of hydrogen-bond donors (Lipinski definition) is 0. The van der Waals surface area contributed by atoms with Crippen LogP contribution in [0.15, 0.2) is 39.9 Å². The van der Waals surface area contributed by atoms with Gasteiger partial charge in [0.05, 0.1) is 12.7 Å². The molecule has 4 rings (SSSR count). The molecule has 0 atom stereocenters. The third kappa shape index (κ3) is 2.75. The zero-order valence-electron chi connectivity index (χ0n) is 13.7. The van der Waals surface area contributed by atoms with Crippen LogP contribution >= 0.6 is 0 Å². The SMILES string of the molecule is Cc1ccc(-c2noc(C)c2Cn2ncc(C3CC3)cc2=O)cn1. The zero-order valence-corrected chi connectivity index (χ0v) is 13.7. The molecule has 3 heterocycles. The van der Waals surface area contributed by atoms with Crippen LogP contribution in [0.2, 0.25) is 0 Å². The molecule has 6 nitrogen and oxygen atoms in total. The van der Waals surface area contributed by atoms with E-state index in [-0.39, 0.29) is 5.56 Å². The van der Waals surface area contributed by atoms with Crippen LogP contribution in [0.25, 0.3) is 11.3 Å². The number of aromatic nitrogens is 4. The van der Waals surface area contributed by atoms with Gasteiger partial charge in [-0.1, -0.05) is 5.16 Å². The molecule has 0 spiro atoms. The summed E-state index contributed by atoms with van der Waals surface area (Å²) in [5, 5.41) is 8.46. The second-order valence-corrected chi connectivity index (χ2v) is 6.31. The van der Waals surface area contributed by atoms with E-state index in [1.807, 2.05) is 26.0 Å². The highest BCUT2D eigenvalue weighted by molar-refractivity contribution is 5.62. The molecule has 0 bridgehead atoms. The maximum atomic E-state index is 12.3. The Hall–Kier alpha value is -2.76. The fourth-order valence-electron chi connectivity index (χ4n) is 2.77. The first-order valence-corrected chi connectivity index (χ1v) is 8.07. The molecule has 24 heavy (non-hydrogen) atoms. The van der Waals surface area contributed by atoms with E-state index in [4.69, 9.17) is 4.52 Å². The summed E-state index contributed by atoms with van der Waals surface area (Å²) in [5.74, 6) is 1.21. The van der Waals surface area contributed by atoms with Crippen molar-refractivity contribution in [2.75, 3.05) is 0 Å². The lowest BCUT2D eigenvalue weighted by Gasteiger charge is -2.06. The average Bonchev–Trinajstić information content (AvgIpc) is 3.36. The van der Waals surface area contributed by atoms with Crippen LogP contribution in [0.1, 0.15) is 41.3 Å². The average molecular weight is 322 g/mol. The summed E-state index contributed by atoms with van der Waals surface area (Å²) in [6.07, 6.45) is 5.87. The number of rotatable bonds is 4. The van der Waals surface area contributed by atoms with Gasteiger partial charge in [-0.3, -0.25) is 9.78 Å². The number of aryl methyl sites for hydroxylation is 2. The summed E-state index contributed by atoms with van der Waals surface area (Å²) < 4.78 is 6.80. The van der Waals surface area contributed by atoms with Gasteiger partial charge in [0.15, 0.2) is 0 Å². The van der Waals surface area contributed by atoms with E-state index < -0.39 is 0 Å². The molecule has 0 aliphatic heterocycles. The first-order valence-electron chi connectivity index (χ1n) is 8.07. The Labute approximate surface area is 139 Å². The molecule has 122 valence electrons. The topological polar surface area (TPSA) is 73.8 Å². The largest absolute Gasteiger partial charge is 0.361 e. The van der Waals surface area contributed by atoms with Gasteiger partial charge in [0.1, 0.15) is 11.5 Å². The minimum Gasteiger partial charge on any atom is -0.361 e. The molecule has 0 aromatic carbocycles. The van der Waals surface area contributed by atoms with Crippen LogP contribution in [-0.2, 0) is 6.54 Å². The molecule has 0 saturated heterocycles. The lowest BCUT2D eigenvalue weighted by molar-refractivity contribution is 0.397. The molecule has 0 unspecified atom stereocenters. The van der Waals surface area contributed by atoms with Gasteiger partial charge in [0.25, 0.3) is 5.56 Å². The van der Waals surface area contributed by atoms with Crippen LogP contribution < -0.4 is 5.56 Å².